The van der Waals surface area contributed by atoms with Crippen LogP contribution in [-0.4, -0.2) is 26.8 Å². The Hall–Kier alpha value is -2.76. The maximum atomic E-state index is 9.35. The van der Waals surface area contributed by atoms with Crippen LogP contribution in [0, 0.1) is 13.8 Å². The second kappa shape index (κ2) is 4.97. The number of benzene rings is 1. The Morgan fingerprint density at radius 3 is 2.57 bits per heavy atom. The third-order valence-electron chi connectivity index (χ3n) is 3.19. The lowest BCUT2D eigenvalue weighted by atomic mass is 10.3. The van der Waals surface area contributed by atoms with E-state index in [1.165, 1.54) is 0 Å². The van der Waals surface area contributed by atoms with Gasteiger partial charge in [-0.25, -0.2) is 9.50 Å². The van der Waals surface area contributed by atoms with Crippen LogP contribution in [0.5, 0.6) is 11.6 Å². The molecule has 0 fully saturated rings. The third kappa shape index (κ3) is 2.35. The van der Waals surface area contributed by atoms with Gasteiger partial charge in [0.1, 0.15) is 11.4 Å². The van der Waals surface area contributed by atoms with E-state index < -0.39 is 0 Å². The summed E-state index contributed by atoms with van der Waals surface area (Å²) in [5.41, 5.74) is 4.13. The smallest absolute Gasteiger partial charge is 0.259 e. The molecule has 21 heavy (non-hydrogen) atoms. The van der Waals surface area contributed by atoms with E-state index in [9.17, 15) is 5.11 Å². The van der Waals surface area contributed by atoms with Gasteiger partial charge in [-0.05, 0) is 44.2 Å². The van der Waals surface area contributed by atoms with E-state index >= 15 is 0 Å². The first-order valence-electron chi connectivity index (χ1n) is 6.55. The maximum absolute atomic E-state index is 9.35. The number of aromatic hydroxyl groups is 1. The molecule has 2 aromatic heterocycles. The molecule has 0 radical (unpaired) electrons. The van der Waals surface area contributed by atoms with Gasteiger partial charge in [0.25, 0.3) is 5.88 Å². The average molecular weight is 284 g/mol. The molecule has 1 aromatic carbocycles. The zero-order chi connectivity index (χ0) is 15.0. The molecule has 0 bridgehead atoms. The van der Waals surface area contributed by atoms with Crippen molar-refractivity contribution in [3.8, 4) is 11.6 Å². The van der Waals surface area contributed by atoms with Crippen LogP contribution in [0.15, 0.2) is 30.3 Å². The number of aryl methyl sites for hydroxylation is 2. The van der Waals surface area contributed by atoms with Crippen molar-refractivity contribution in [3.63, 3.8) is 0 Å². The molecule has 2 heterocycles. The van der Waals surface area contributed by atoms with Crippen molar-refractivity contribution in [3.05, 3.63) is 41.7 Å². The van der Waals surface area contributed by atoms with E-state index in [0.29, 0.717) is 17.2 Å². The van der Waals surface area contributed by atoms with Crippen LogP contribution in [0.25, 0.3) is 5.65 Å². The molecule has 6 nitrogen and oxygen atoms in total. The van der Waals surface area contributed by atoms with E-state index in [2.05, 4.69) is 15.4 Å². The van der Waals surface area contributed by atoms with Crippen molar-refractivity contribution < 1.29 is 9.84 Å². The number of rotatable bonds is 3. The first-order chi connectivity index (χ1) is 10.1. The van der Waals surface area contributed by atoms with E-state index in [1.54, 1.807) is 35.9 Å². The molecule has 0 atom stereocenters. The summed E-state index contributed by atoms with van der Waals surface area (Å²) >= 11 is 0. The minimum atomic E-state index is 0.220. The topological polar surface area (TPSA) is 71.7 Å². The van der Waals surface area contributed by atoms with Crippen LogP contribution < -0.4 is 10.1 Å². The second-order valence-electron chi connectivity index (χ2n) is 4.83. The molecular formula is C15H16N4O2. The second-order valence-corrected chi connectivity index (χ2v) is 4.83. The summed E-state index contributed by atoms with van der Waals surface area (Å²) in [6, 6.07) is 8.75. The van der Waals surface area contributed by atoms with Gasteiger partial charge in [0, 0.05) is 17.1 Å². The molecule has 3 rings (SSSR count). The molecule has 0 aliphatic carbocycles. The zero-order valence-electron chi connectivity index (χ0n) is 12.1. The first kappa shape index (κ1) is 13.2. The van der Waals surface area contributed by atoms with Gasteiger partial charge in [0.15, 0.2) is 5.65 Å². The third-order valence-corrected chi connectivity index (χ3v) is 3.19. The Morgan fingerprint density at radius 2 is 1.90 bits per heavy atom. The Labute approximate surface area is 122 Å². The standard InChI is InChI=1S/C15H16N4O2/c1-9-8-10(2)19-14(16-9)13(15(18-19)21-3)17-11-4-6-12(20)7-5-11/h4-8,17,20H,1-3H3. The minimum absolute atomic E-state index is 0.220. The summed E-state index contributed by atoms with van der Waals surface area (Å²) in [7, 11) is 1.58. The fraction of sp³-hybridized carbons (Fsp3) is 0.200. The van der Waals surface area contributed by atoms with Crippen molar-refractivity contribution in [2.45, 2.75) is 13.8 Å². The first-order valence-corrected chi connectivity index (χ1v) is 6.55. The number of methoxy groups -OCH3 is 1. The number of nitrogens with one attached hydrogen (secondary N) is 1. The summed E-state index contributed by atoms with van der Waals surface area (Å²) in [6.45, 7) is 3.91. The summed E-state index contributed by atoms with van der Waals surface area (Å²) in [5.74, 6) is 0.696. The van der Waals surface area contributed by atoms with Gasteiger partial charge in [-0.2, -0.15) is 0 Å². The van der Waals surface area contributed by atoms with Crippen LogP contribution in [0.3, 0.4) is 0 Å². The highest BCUT2D eigenvalue weighted by Crippen LogP contribution is 2.31. The highest BCUT2D eigenvalue weighted by molar-refractivity contribution is 5.79. The van der Waals surface area contributed by atoms with Crippen molar-refractivity contribution in [1.29, 1.82) is 0 Å². The van der Waals surface area contributed by atoms with Crippen LogP contribution in [0.1, 0.15) is 11.4 Å². The van der Waals surface area contributed by atoms with E-state index in [1.807, 2.05) is 19.9 Å². The number of aromatic nitrogens is 3. The van der Waals surface area contributed by atoms with Crippen LogP contribution in [0.2, 0.25) is 0 Å². The van der Waals surface area contributed by atoms with Gasteiger partial charge < -0.3 is 15.2 Å². The molecule has 0 unspecified atom stereocenters. The summed E-state index contributed by atoms with van der Waals surface area (Å²) < 4.78 is 7.08. The fourth-order valence-electron chi connectivity index (χ4n) is 2.24. The highest BCUT2D eigenvalue weighted by atomic mass is 16.5. The monoisotopic (exact) mass is 284 g/mol. The van der Waals surface area contributed by atoms with Gasteiger partial charge in [0.05, 0.1) is 7.11 Å². The summed E-state index contributed by atoms with van der Waals surface area (Å²) in [4.78, 5) is 4.53. The average Bonchev–Trinajstić information content (AvgIpc) is 2.80. The molecule has 0 aliphatic rings. The van der Waals surface area contributed by atoms with Gasteiger partial charge in [-0.3, -0.25) is 0 Å². The van der Waals surface area contributed by atoms with E-state index in [-0.39, 0.29) is 5.75 Å². The molecular weight excluding hydrogens is 268 g/mol. The molecule has 0 aliphatic heterocycles. The number of nitrogens with zero attached hydrogens (tertiary/aromatic N) is 3. The van der Waals surface area contributed by atoms with Crippen LogP contribution >= 0.6 is 0 Å². The Morgan fingerprint density at radius 1 is 1.19 bits per heavy atom. The van der Waals surface area contributed by atoms with Crippen LogP contribution in [0.4, 0.5) is 11.4 Å². The molecule has 6 heteroatoms. The lowest BCUT2D eigenvalue weighted by Crippen LogP contribution is -1.98. The highest BCUT2D eigenvalue weighted by Gasteiger charge is 2.16. The molecule has 2 N–H and O–H groups in total. The summed E-state index contributed by atoms with van der Waals surface area (Å²) in [5, 5.41) is 17.0. The Balaban J connectivity index is 2.13. The number of anilines is 2. The number of ether oxygens (including phenoxy) is 1. The number of hydrogen-bond acceptors (Lipinski definition) is 5. The minimum Gasteiger partial charge on any atom is -0.508 e. The quantitative estimate of drug-likeness (QED) is 0.724. The lowest BCUT2D eigenvalue weighted by molar-refractivity contribution is 0.396. The largest absolute Gasteiger partial charge is 0.508 e. The zero-order valence-corrected chi connectivity index (χ0v) is 12.1. The van der Waals surface area contributed by atoms with E-state index in [0.717, 1.165) is 17.1 Å². The van der Waals surface area contributed by atoms with Crippen molar-refractivity contribution in [2.75, 3.05) is 12.4 Å². The number of phenolic OH excluding ortho intramolecular Hbond substituents is 1. The Bertz CT molecular complexity index is 794. The maximum Gasteiger partial charge on any atom is 0.259 e. The van der Waals surface area contributed by atoms with E-state index in [4.69, 9.17) is 4.74 Å². The molecule has 0 saturated heterocycles. The Kier molecular flexibility index (Phi) is 3.13. The van der Waals surface area contributed by atoms with Crippen molar-refractivity contribution in [1.82, 2.24) is 14.6 Å². The lowest BCUT2D eigenvalue weighted by Gasteiger charge is -2.06. The molecule has 0 spiro atoms. The van der Waals surface area contributed by atoms with Gasteiger partial charge >= 0.3 is 0 Å². The van der Waals surface area contributed by atoms with Crippen LogP contribution in [-0.2, 0) is 0 Å². The number of fused-ring (bicyclic) bond motifs is 1. The predicted molar refractivity (Wildman–Crippen MR) is 80.4 cm³/mol. The molecule has 0 amide bonds. The predicted octanol–water partition coefficient (Wildman–Crippen LogP) is 2.80. The number of phenols is 1. The number of hydrogen-bond donors (Lipinski definition) is 2. The molecule has 0 saturated carbocycles. The fourth-order valence-corrected chi connectivity index (χ4v) is 2.24. The molecule has 3 aromatic rings. The van der Waals surface area contributed by atoms with Gasteiger partial charge in [0.2, 0.25) is 0 Å². The molecule has 108 valence electrons. The van der Waals surface area contributed by atoms with Gasteiger partial charge in [-0.15, -0.1) is 5.10 Å². The SMILES string of the molecule is COc1nn2c(C)cc(C)nc2c1Nc1ccc(O)cc1. The normalized spacial score (nSPS) is 10.8. The summed E-state index contributed by atoms with van der Waals surface area (Å²) in [6.07, 6.45) is 0. The van der Waals surface area contributed by atoms with Crippen molar-refractivity contribution >= 4 is 17.0 Å². The van der Waals surface area contributed by atoms with Crippen molar-refractivity contribution in [2.24, 2.45) is 0 Å². The van der Waals surface area contributed by atoms with Gasteiger partial charge in [-0.1, -0.05) is 0 Å².